The van der Waals surface area contributed by atoms with Gasteiger partial charge in [0.05, 0.1) is 18.3 Å². The predicted octanol–water partition coefficient (Wildman–Crippen LogP) is 0.962. The van der Waals surface area contributed by atoms with Crippen molar-refractivity contribution in [3.8, 4) is 0 Å². The number of nitrogens with one attached hydrogen (secondary N) is 1. The summed E-state index contributed by atoms with van der Waals surface area (Å²) in [7, 11) is 0. The van der Waals surface area contributed by atoms with Crippen molar-refractivity contribution in [2.75, 3.05) is 6.61 Å². The molecule has 2 rings (SSSR count). The second kappa shape index (κ2) is 6.36. The van der Waals surface area contributed by atoms with Crippen molar-refractivity contribution < 1.29 is 9.90 Å². The average Bonchev–Trinajstić information content (AvgIpc) is 2.74. The Labute approximate surface area is 126 Å². The number of hydrogen-bond acceptors (Lipinski definition) is 5. The molecule has 0 aromatic carbocycles. The third-order valence-corrected chi connectivity index (χ3v) is 4.53. The molecule has 6 nitrogen and oxygen atoms in total. The number of fused-ring (bicyclic) bond motifs is 1. The van der Waals surface area contributed by atoms with Crippen molar-refractivity contribution in [3.05, 3.63) is 27.1 Å². The summed E-state index contributed by atoms with van der Waals surface area (Å²) in [6.45, 7) is 5.77. The van der Waals surface area contributed by atoms with Crippen molar-refractivity contribution >= 4 is 27.5 Å². The molecule has 7 heteroatoms. The normalized spacial score (nSPS) is 12.6. The van der Waals surface area contributed by atoms with E-state index in [1.807, 2.05) is 13.8 Å². The van der Waals surface area contributed by atoms with Gasteiger partial charge in [-0.2, -0.15) is 0 Å². The maximum atomic E-state index is 12.4. The molecule has 0 aliphatic carbocycles. The van der Waals surface area contributed by atoms with Gasteiger partial charge in [-0.05, 0) is 26.3 Å². The Morgan fingerprint density at radius 2 is 2.24 bits per heavy atom. The van der Waals surface area contributed by atoms with Crippen LogP contribution in [0.4, 0.5) is 0 Å². The highest BCUT2D eigenvalue weighted by Crippen LogP contribution is 2.25. The van der Waals surface area contributed by atoms with E-state index in [1.54, 1.807) is 6.92 Å². The number of carbonyl (C=O) groups excluding carboxylic acids is 1. The average molecular weight is 309 g/mol. The van der Waals surface area contributed by atoms with E-state index in [1.165, 1.54) is 22.2 Å². The second-order valence-corrected chi connectivity index (χ2v) is 6.31. The molecule has 2 aromatic heterocycles. The molecular formula is C14H19N3O3S. The van der Waals surface area contributed by atoms with Gasteiger partial charge in [-0.15, -0.1) is 11.3 Å². The van der Waals surface area contributed by atoms with Crippen LogP contribution in [0.2, 0.25) is 0 Å². The van der Waals surface area contributed by atoms with Crippen molar-refractivity contribution in [1.29, 1.82) is 0 Å². The molecule has 2 heterocycles. The Balaban J connectivity index is 2.16. The lowest BCUT2D eigenvalue weighted by molar-refractivity contribution is -0.122. The molecule has 0 radical (unpaired) electrons. The number of hydrogen-bond donors (Lipinski definition) is 2. The zero-order chi connectivity index (χ0) is 15.6. The van der Waals surface area contributed by atoms with Crippen LogP contribution in [0.15, 0.2) is 11.1 Å². The molecule has 1 atom stereocenters. The van der Waals surface area contributed by atoms with Crippen LogP contribution in [0.1, 0.15) is 23.8 Å². The maximum absolute atomic E-state index is 12.4. The van der Waals surface area contributed by atoms with E-state index in [4.69, 9.17) is 5.11 Å². The molecule has 0 saturated heterocycles. The minimum atomic E-state index is -0.281. The van der Waals surface area contributed by atoms with Crippen LogP contribution < -0.4 is 10.9 Å². The zero-order valence-electron chi connectivity index (χ0n) is 12.3. The van der Waals surface area contributed by atoms with E-state index in [9.17, 15) is 9.59 Å². The fraction of sp³-hybridized carbons (Fsp3) is 0.500. The molecule has 1 unspecified atom stereocenters. The number of nitrogens with zero attached hydrogens (tertiary/aromatic N) is 2. The number of aromatic nitrogens is 2. The van der Waals surface area contributed by atoms with Crippen LogP contribution in [-0.4, -0.2) is 33.2 Å². The Morgan fingerprint density at radius 3 is 2.90 bits per heavy atom. The van der Waals surface area contributed by atoms with Crippen molar-refractivity contribution in [2.24, 2.45) is 0 Å². The Kier molecular flexibility index (Phi) is 4.74. The second-order valence-electron chi connectivity index (χ2n) is 5.11. The molecule has 0 fully saturated rings. The van der Waals surface area contributed by atoms with Crippen LogP contribution in [0.5, 0.6) is 0 Å². The van der Waals surface area contributed by atoms with Crippen LogP contribution in [0.25, 0.3) is 10.2 Å². The van der Waals surface area contributed by atoms with Gasteiger partial charge in [0.2, 0.25) is 5.91 Å². The highest BCUT2D eigenvalue weighted by molar-refractivity contribution is 7.18. The lowest BCUT2D eigenvalue weighted by Crippen LogP contribution is -2.36. The molecule has 0 bridgehead atoms. The lowest BCUT2D eigenvalue weighted by Gasteiger charge is -2.11. The minimum absolute atomic E-state index is 0.105. The van der Waals surface area contributed by atoms with Gasteiger partial charge in [0.15, 0.2) is 0 Å². The summed E-state index contributed by atoms with van der Waals surface area (Å²) < 4.78 is 1.46. The van der Waals surface area contributed by atoms with Gasteiger partial charge in [-0.1, -0.05) is 0 Å². The van der Waals surface area contributed by atoms with Gasteiger partial charge >= 0.3 is 0 Å². The van der Waals surface area contributed by atoms with Gasteiger partial charge in [-0.3, -0.25) is 14.2 Å². The first-order valence-corrected chi connectivity index (χ1v) is 7.61. The monoisotopic (exact) mass is 309 g/mol. The molecule has 0 aliphatic heterocycles. The standard InChI is InChI=1S/C14H19N3O3S/c1-8(6-18)16-11(19)4-5-17-7-15-13-12(14(17)20)9(2)10(3)21-13/h7-8,18H,4-6H2,1-3H3,(H,16,19). The molecule has 21 heavy (non-hydrogen) atoms. The molecule has 114 valence electrons. The third kappa shape index (κ3) is 3.30. The summed E-state index contributed by atoms with van der Waals surface area (Å²) in [6.07, 6.45) is 1.67. The topological polar surface area (TPSA) is 84.2 Å². The SMILES string of the molecule is Cc1sc2ncn(CCC(=O)NC(C)CO)c(=O)c2c1C. The largest absolute Gasteiger partial charge is 0.394 e. The number of aliphatic hydroxyl groups excluding tert-OH is 1. The van der Waals surface area contributed by atoms with E-state index in [2.05, 4.69) is 10.3 Å². The smallest absolute Gasteiger partial charge is 0.262 e. The molecule has 2 N–H and O–H groups in total. The van der Waals surface area contributed by atoms with E-state index in [0.717, 1.165) is 15.3 Å². The first kappa shape index (κ1) is 15.7. The molecule has 2 aromatic rings. The summed E-state index contributed by atoms with van der Waals surface area (Å²) in [4.78, 5) is 30.2. The number of aliphatic hydroxyl groups is 1. The molecule has 1 amide bonds. The summed E-state index contributed by atoms with van der Waals surface area (Å²) in [5.41, 5.74) is 0.852. The number of rotatable bonds is 5. The van der Waals surface area contributed by atoms with Crippen molar-refractivity contribution in [2.45, 2.75) is 39.8 Å². The van der Waals surface area contributed by atoms with Gasteiger partial charge in [0.25, 0.3) is 5.56 Å². The van der Waals surface area contributed by atoms with Crippen LogP contribution in [-0.2, 0) is 11.3 Å². The Bertz CT molecular complexity index is 720. The van der Waals surface area contributed by atoms with Crippen molar-refractivity contribution in [3.63, 3.8) is 0 Å². The van der Waals surface area contributed by atoms with Crippen molar-refractivity contribution in [1.82, 2.24) is 14.9 Å². The number of aryl methyl sites for hydroxylation is 3. The quantitative estimate of drug-likeness (QED) is 0.861. The summed E-state index contributed by atoms with van der Waals surface area (Å²) >= 11 is 1.51. The fourth-order valence-electron chi connectivity index (χ4n) is 2.04. The highest BCUT2D eigenvalue weighted by atomic mass is 32.1. The zero-order valence-corrected chi connectivity index (χ0v) is 13.2. The number of carbonyl (C=O) groups is 1. The molecule has 0 spiro atoms. The molecule has 0 saturated carbocycles. The molecule has 0 aliphatic rings. The maximum Gasteiger partial charge on any atom is 0.262 e. The first-order valence-electron chi connectivity index (χ1n) is 6.79. The van der Waals surface area contributed by atoms with E-state index < -0.39 is 0 Å². The van der Waals surface area contributed by atoms with Crippen LogP contribution in [0.3, 0.4) is 0 Å². The van der Waals surface area contributed by atoms with Gasteiger partial charge in [0, 0.05) is 23.9 Å². The third-order valence-electron chi connectivity index (χ3n) is 3.42. The van der Waals surface area contributed by atoms with Gasteiger partial charge < -0.3 is 10.4 Å². The number of amides is 1. The van der Waals surface area contributed by atoms with E-state index >= 15 is 0 Å². The van der Waals surface area contributed by atoms with E-state index in [-0.39, 0.29) is 37.1 Å². The summed E-state index contributed by atoms with van der Waals surface area (Å²) in [6, 6.07) is -0.281. The fourth-order valence-corrected chi connectivity index (χ4v) is 3.03. The minimum Gasteiger partial charge on any atom is -0.394 e. The number of thiophene rings is 1. The first-order chi connectivity index (χ1) is 9.93. The van der Waals surface area contributed by atoms with E-state index in [0.29, 0.717) is 5.39 Å². The van der Waals surface area contributed by atoms with Gasteiger partial charge in [-0.25, -0.2) is 4.98 Å². The van der Waals surface area contributed by atoms with Crippen LogP contribution in [0, 0.1) is 13.8 Å². The Morgan fingerprint density at radius 1 is 1.52 bits per heavy atom. The molecular weight excluding hydrogens is 290 g/mol. The Hall–Kier alpha value is -1.73. The lowest BCUT2D eigenvalue weighted by atomic mass is 10.2. The van der Waals surface area contributed by atoms with Crippen LogP contribution >= 0.6 is 11.3 Å². The highest BCUT2D eigenvalue weighted by Gasteiger charge is 2.13. The summed E-state index contributed by atoms with van der Waals surface area (Å²) in [5.74, 6) is -0.193. The van der Waals surface area contributed by atoms with Gasteiger partial charge in [0.1, 0.15) is 4.83 Å². The predicted molar refractivity (Wildman–Crippen MR) is 82.7 cm³/mol. The summed E-state index contributed by atoms with van der Waals surface area (Å²) in [5, 5.41) is 12.2.